The van der Waals surface area contributed by atoms with Crippen molar-refractivity contribution in [1.29, 1.82) is 0 Å². The minimum atomic E-state index is 0. The summed E-state index contributed by atoms with van der Waals surface area (Å²) >= 11 is 0. The van der Waals surface area contributed by atoms with Gasteiger partial charge in [-0.15, -0.1) is 5.56 Å². The van der Waals surface area contributed by atoms with E-state index in [2.05, 4.69) is 16.2 Å². The van der Waals surface area contributed by atoms with Gasteiger partial charge in [0.05, 0.1) is 0 Å². The second kappa shape index (κ2) is 5.79. The molecule has 0 saturated heterocycles. The molecule has 1 rings (SSSR count). The molecule has 0 spiro atoms. The Bertz CT molecular complexity index is 223. The fraction of sp³-hybridized carbons (Fsp3) is 0.375. The number of rotatable bonds is 0. The molecule has 1 heterocycles. The SMILES string of the molecule is Cc1n[c-]c(C)c(C)n1.[CH3-].[Y]. The van der Waals surface area contributed by atoms with Crippen molar-refractivity contribution in [2.45, 2.75) is 20.8 Å². The van der Waals surface area contributed by atoms with Gasteiger partial charge in [0.2, 0.25) is 0 Å². The van der Waals surface area contributed by atoms with Gasteiger partial charge >= 0.3 is 0 Å². The minimum Gasteiger partial charge on any atom is -0.373 e. The van der Waals surface area contributed by atoms with E-state index in [9.17, 15) is 0 Å². The summed E-state index contributed by atoms with van der Waals surface area (Å²) in [6.45, 7) is 5.78. The molecule has 0 aliphatic rings. The van der Waals surface area contributed by atoms with Crippen LogP contribution in [0.15, 0.2) is 0 Å². The zero-order chi connectivity index (χ0) is 6.85. The fourth-order valence-corrected chi connectivity index (χ4v) is 0.597. The molecule has 1 aromatic heterocycles. The molecule has 2 nitrogen and oxygen atoms in total. The molecule has 0 unspecified atom stereocenters. The van der Waals surface area contributed by atoms with Crippen molar-refractivity contribution >= 4 is 0 Å². The van der Waals surface area contributed by atoms with Crippen LogP contribution in [0.4, 0.5) is 0 Å². The van der Waals surface area contributed by atoms with E-state index in [1.807, 2.05) is 20.8 Å². The summed E-state index contributed by atoms with van der Waals surface area (Å²) in [6.07, 6.45) is 2.86. The largest absolute Gasteiger partial charge is 0.373 e. The van der Waals surface area contributed by atoms with Crippen molar-refractivity contribution in [3.63, 3.8) is 0 Å². The monoisotopic (exact) mass is 225 g/mol. The van der Waals surface area contributed by atoms with Crippen LogP contribution in [0.5, 0.6) is 0 Å². The Morgan fingerprint density at radius 3 is 2.09 bits per heavy atom. The van der Waals surface area contributed by atoms with Crippen LogP contribution in [0.2, 0.25) is 0 Å². The molecule has 59 valence electrons. The molecule has 0 amide bonds. The summed E-state index contributed by atoms with van der Waals surface area (Å²) in [6, 6.07) is 0. The minimum absolute atomic E-state index is 0. The van der Waals surface area contributed by atoms with Gasteiger partial charge in [0.25, 0.3) is 0 Å². The van der Waals surface area contributed by atoms with Crippen molar-refractivity contribution in [3.05, 3.63) is 30.7 Å². The first-order chi connectivity index (χ1) is 4.20. The Morgan fingerprint density at radius 1 is 1.18 bits per heavy atom. The smallest absolute Gasteiger partial charge is 0.0106 e. The zero-order valence-corrected chi connectivity index (χ0v) is 10.3. The van der Waals surface area contributed by atoms with Crippen LogP contribution in [-0.4, -0.2) is 9.97 Å². The Morgan fingerprint density at radius 2 is 1.73 bits per heavy atom. The van der Waals surface area contributed by atoms with Crippen molar-refractivity contribution < 1.29 is 32.7 Å². The summed E-state index contributed by atoms with van der Waals surface area (Å²) in [7, 11) is 0. The van der Waals surface area contributed by atoms with Gasteiger partial charge in [0.15, 0.2) is 0 Å². The number of nitrogens with zero attached hydrogens (tertiary/aromatic N) is 2. The molecule has 3 heteroatoms. The van der Waals surface area contributed by atoms with Crippen LogP contribution in [0.25, 0.3) is 0 Å². The predicted molar refractivity (Wildman–Crippen MR) is 41.5 cm³/mol. The average Bonchev–Trinajstić information content (AvgIpc) is 1.80. The number of aryl methyl sites for hydroxylation is 3. The maximum absolute atomic E-state index is 4.13. The molecular formula is C8H12N2Y-2. The van der Waals surface area contributed by atoms with E-state index >= 15 is 0 Å². The van der Waals surface area contributed by atoms with E-state index < -0.39 is 0 Å². The molecule has 1 aromatic rings. The second-order valence-electron chi connectivity index (χ2n) is 2.09. The first-order valence-electron chi connectivity index (χ1n) is 2.89. The van der Waals surface area contributed by atoms with E-state index in [1.165, 1.54) is 0 Å². The predicted octanol–water partition coefficient (Wildman–Crippen LogP) is 1.65. The van der Waals surface area contributed by atoms with Gasteiger partial charge in [0.1, 0.15) is 0 Å². The summed E-state index contributed by atoms with van der Waals surface area (Å²) in [5.74, 6) is 0.790. The molecule has 0 aliphatic carbocycles. The Hall–Kier alpha value is 0.184. The zero-order valence-electron chi connectivity index (χ0n) is 7.47. The molecule has 11 heavy (non-hydrogen) atoms. The van der Waals surface area contributed by atoms with E-state index in [0.29, 0.717) is 0 Å². The molecule has 0 atom stereocenters. The molecule has 0 saturated carbocycles. The van der Waals surface area contributed by atoms with E-state index in [4.69, 9.17) is 0 Å². The van der Waals surface area contributed by atoms with Crippen LogP contribution in [-0.2, 0) is 32.7 Å². The van der Waals surface area contributed by atoms with Crippen molar-refractivity contribution in [2.24, 2.45) is 0 Å². The summed E-state index contributed by atoms with van der Waals surface area (Å²) in [5.41, 5.74) is 2.04. The summed E-state index contributed by atoms with van der Waals surface area (Å²) < 4.78 is 0. The molecule has 0 bridgehead atoms. The third-order valence-corrected chi connectivity index (χ3v) is 1.26. The van der Waals surface area contributed by atoms with Gasteiger partial charge in [-0.05, 0) is 0 Å². The van der Waals surface area contributed by atoms with E-state index in [0.717, 1.165) is 17.1 Å². The maximum atomic E-state index is 4.13. The number of aromatic nitrogens is 2. The number of hydrogen-bond acceptors (Lipinski definition) is 2. The van der Waals surface area contributed by atoms with Crippen LogP contribution in [0.1, 0.15) is 17.1 Å². The maximum Gasteiger partial charge on any atom is 0.0106 e. The third-order valence-electron chi connectivity index (χ3n) is 1.26. The topological polar surface area (TPSA) is 25.8 Å². The van der Waals surface area contributed by atoms with E-state index in [1.54, 1.807) is 0 Å². The van der Waals surface area contributed by atoms with Gasteiger partial charge < -0.3 is 17.4 Å². The molecule has 0 fully saturated rings. The molecule has 0 aliphatic heterocycles. The quantitative estimate of drug-likeness (QED) is 0.627. The number of hydrogen-bond donors (Lipinski definition) is 0. The standard InChI is InChI=1S/C7H9N2.CH3.Y/c1-5-4-8-7(3)9-6(5)2;;/h1-3H3;1H3;/q2*-1;. The molecular weight excluding hydrogens is 213 g/mol. The Balaban J connectivity index is 0. The normalized spacial score (nSPS) is 7.91. The van der Waals surface area contributed by atoms with E-state index in [-0.39, 0.29) is 40.1 Å². The second-order valence-corrected chi connectivity index (χ2v) is 2.09. The van der Waals surface area contributed by atoms with Gasteiger partial charge in [-0.3, -0.25) is 0 Å². The van der Waals surface area contributed by atoms with Gasteiger partial charge in [-0.2, -0.15) is 0 Å². The molecule has 1 radical (unpaired) electrons. The van der Waals surface area contributed by atoms with Crippen LogP contribution >= 0.6 is 0 Å². The van der Waals surface area contributed by atoms with Crippen LogP contribution < -0.4 is 0 Å². The Labute approximate surface area is 93.7 Å². The van der Waals surface area contributed by atoms with Crippen LogP contribution in [0, 0.1) is 34.4 Å². The first kappa shape index (κ1) is 13.8. The van der Waals surface area contributed by atoms with Gasteiger partial charge in [0, 0.05) is 38.5 Å². The van der Waals surface area contributed by atoms with Crippen molar-refractivity contribution in [1.82, 2.24) is 9.97 Å². The summed E-state index contributed by atoms with van der Waals surface area (Å²) in [5, 5.41) is 0. The molecule has 0 N–H and O–H groups in total. The van der Waals surface area contributed by atoms with Gasteiger partial charge in [-0.1, -0.05) is 32.7 Å². The third kappa shape index (κ3) is 3.92. The molecule has 0 aromatic carbocycles. The average molecular weight is 225 g/mol. The van der Waals surface area contributed by atoms with Gasteiger partial charge in [-0.25, -0.2) is 0 Å². The first-order valence-corrected chi connectivity index (χ1v) is 2.89. The Kier molecular flexibility index (Phi) is 7.23. The van der Waals surface area contributed by atoms with Crippen molar-refractivity contribution in [3.8, 4) is 0 Å². The summed E-state index contributed by atoms with van der Waals surface area (Å²) in [4.78, 5) is 8.03. The van der Waals surface area contributed by atoms with Crippen LogP contribution in [0.3, 0.4) is 0 Å². The van der Waals surface area contributed by atoms with Crippen molar-refractivity contribution in [2.75, 3.05) is 0 Å². The fourth-order valence-electron chi connectivity index (χ4n) is 0.597.